The highest BCUT2D eigenvalue weighted by Crippen LogP contribution is 2.41. The Kier molecular flexibility index (Phi) is 5.31. The van der Waals surface area contributed by atoms with Crippen LogP contribution < -0.4 is 5.32 Å². The van der Waals surface area contributed by atoms with E-state index in [9.17, 15) is 5.11 Å². The molecule has 2 N–H and O–H groups in total. The van der Waals surface area contributed by atoms with Crippen molar-refractivity contribution in [1.29, 1.82) is 0 Å². The van der Waals surface area contributed by atoms with Gasteiger partial charge in [0.15, 0.2) is 0 Å². The molecule has 2 nitrogen and oxygen atoms in total. The van der Waals surface area contributed by atoms with Crippen molar-refractivity contribution in [1.82, 2.24) is 5.32 Å². The third kappa shape index (κ3) is 3.98. The fourth-order valence-corrected chi connectivity index (χ4v) is 4.00. The predicted octanol–water partition coefficient (Wildman–Crippen LogP) is 2.98. The quantitative estimate of drug-likeness (QED) is 0.767. The van der Waals surface area contributed by atoms with Gasteiger partial charge >= 0.3 is 0 Å². The van der Waals surface area contributed by atoms with E-state index in [1.54, 1.807) is 0 Å². The number of aliphatic hydroxyl groups excluding tert-OH is 1. The zero-order valence-corrected chi connectivity index (χ0v) is 12.8. The van der Waals surface area contributed by atoms with Crippen LogP contribution in [0.1, 0.15) is 30.9 Å². The molecule has 0 radical (unpaired) electrons. The number of thioether (sulfide) groups is 1. The molecule has 1 unspecified atom stereocenters. The van der Waals surface area contributed by atoms with Crippen LogP contribution in [0.3, 0.4) is 0 Å². The van der Waals surface area contributed by atoms with Crippen molar-refractivity contribution >= 4 is 11.8 Å². The van der Waals surface area contributed by atoms with Gasteiger partial charge in [0.25, 0.3) is 0 Å². The Labute approximate surface area is 121 Å². The van der Waals surface area contributed by atoms with Crippen LogP contribution in [-0.4, -0.2) is 29.5 Å². The highest BCUT2D eigenvalue weighted by atomic mass is 32.2. The van der Waals surface area contributed by atoms with Crippen LogP contribution in [-0.2, 0) is 5.75 Å². The number of rotatable bonds is 8. The van der Waals surface area contributed by atoms with E-state index in [0.717, 1.165) is 18.1 Å². The second-order valence-corrected chi connectivity index (χ2v) is 6.59. The molecule has 2 rings (SSSR count). The lowest BCUT2D eigenvalue weighted by atomic mass is 9.97. The van der Waals surface area contributed by atoms with Crippen molar-refractivity contribution in [3.63, 3.8) is 0 Å². The van der Waals surface area contributed by atoms with Gasteiger partial charge < -0.3 is 10.4 Å². The summed E-state index contributed by atoms with van der Waals surface area (Å²) >= 11 is 1.93. The Hall–Kier alpha value is -0.510. The second kappa shape index (κ2) is 6.78. The maximum absolute atomic E-state index is 9.78. The average molecular weight is 279 g/mol. The molecule has 3 heteroatoms. The summed E-state index contributed by atoms with van der Waals surface area (Å²) in [6.45, 7) is 5.45. The lowest BCUT2D eigenvalue weighted by Gasteiger charge is -2.33. The maximum Gasteiger partial charge on any atom is 0.0624 e. The van der Waals surface area contributed by atoms with Gasteiger partial charge in [-0.3, -0.25) is 0 Å². The summed E-state index contributed by atoms with van der Waals surface area (Å²) in [6, 6.07) is 8.69. The van der Waals surface area contributed by atoms with Gasteiger partial charge in [-0.2, -0.15) is 11.8 Å². The van der Waals surface area contributed by atoms with Crippen LogP contribution in [0.25, 0.3) is 0 Å². The molecule has 1 atom stereocenters. The van der Waals surface area contributed by atoms with Crippen molar-refractivity contribution in [3.8, 4) is 0 Å². The van der Waals surface area contributed by atoms with Crippen LogP contribution in [0.2, 0.25) is 0 Å². The van der Waals surface area contributed by atoms with Crippen LogP contribution in [0.4, 0.5) is 0 Å². The Morgan fingerprint density at radius 3 is 2.79 bits per heavy atom. The van der Waals surface area contributed by atoms with E-state index >= 15 is 0 Å². The molecule has 1 aliphatic carbocycles. The topological polar surface area (TPSA) is 32.3 Å². The van der Waals surface area contributed by atoms with Crippen molar-refractivity contribution in [2.45, 2.75) is 38.0 Å². The lowest BCUT2D eigenvalue weighted by molar-refractivity contribution is 0.161. The molecule has 0 spiro atoms. The first-order valence-electron chi connectivity index (χ1n) is 7.19. The molecule has 106 valence electrons. The van der Waals surface area contributed by atoms with Gasteiger partial charge in [-0.25, -0.2) is 0 Å². The summed E-state index contributed by atoms with van der Waals surface area (Å²) in [4.78, 5) is 0. The van der Waals surface area contributed by atoms with Gasteiger partial charge in [0.2, 0.25) is 0 Å². The third-order valence-corrected chi connectivity index (χ3v) is 5.14. The molecule has 0 aromatic heterocycles. The van der Waals surface area contributed by atoms with E-state index in [0.29, 0.717) is 5.92 Å². The van der Waals surface area contributed by atoms with E-state index < -0.39 is 0 Å². The van der Waals surface area contributed by atoms with Crippen molar-refractivity contribution in [2.24, 2.45) is 5.92 Å². The van der Waals surface area contributed by atoms with E-state index in [-0.39, 0.29) is 12.1 Å². The number of aliphatic hydroxyl groups is 1. The van der Waals surface area contributed by atoms with E-state index in [1.807, 2.05) is 11.8 Å². The molecule has 1 aliphatic rings. The van der Waals surface area contributed by atoms with Gasteiger partial charge in [0, 0.05) is 11.5 Å². The first-order valence-corrected chi connectivity index (χ1v) is 8.35. The number of benzene rings is 1. The monoisotopic (exact) mass is 279 g/mol. The largest absolute Gasteiger partial charge is 0.394 e. The molecule has 0 bridgehead atoms. The lowest BCUT2D eigenvalue weighted by Crippen LogP contribution is -2.52. The summed E-state index contributed by atoms with van der Waals surface area (Å²) in [5, 5.41) is 13.3. The van der Waals surface area contributed by atoms with Gasteiger partial charge in [-0.15, -0.1) is 0 Å². The van der Waals surface area contributed by atoms with E-state index in [1.165, 1.54) is 24.0 Å². The number of nitrogens with one attached hydrogen (secondary N) is 1. The van der Waals surface area contributed by atoms with Crippen LogP contribution >= 0.6 is 11.8 Å². The van der Waals surface area contributed by atoms with Gasteiger partial charge in [-0.1, -0.05) is 36.8 Å². The first-order chi connectivity index (χ1) is 9.20. The van der Waals surface area contributed by atoms with Crippen molar-refractivity contribution < 1.29 is 5.11 Å². The standard InChI is InChI=1S/C16H25NOS/c1-3-17-16(11-18,15-7-8-15)12-19-10-14-6-4-5-13(2)9-14/h4-6,9,15,17-18H,3,7-8,10-12H2,1-2H3. The molecule has 0 saturated heterocycles. The minimum Gasteiger partial charge on any atom is -0.394 e. The number of hydrogen-bond acceptors (Lipinski definition) is 3. The van der Waals surface area contributed by atoms with Crippen molar-refractivity contribution in [2.75, 3.05) is 18.9 Å². The number of aryl methyl sites for hydroxylation is 1. The Bertz CT molecular complexity index is 405. The zero-order chi connectivity index (χ0) is 13.7. The molecule has 1 aromatic rings. The second-order valence-electron chi connectivity index (χ2n) is 5.60. The summed E-state index contributed by atoms with van der Waals surface area (Å²) in [5.74, 6) is 2.69. The molecule has 19 heavy (non-hydrogen) atoms. The fourth-order valence-electron chi connectivity index (χ4n) is 2.68. The Morgan fingerprint density at radius 1 is 1.42 bits per heavy atom. The summed E-state index contributed by atoms with van der Waals surface area (Å²) < 4.78 is 0. The number of likely N-dealkylation sites (N-methyl/N-ethyl adjacent to an activating group) is 1. The fraction of sp³-hybridized carbons (Fsp3) is 0.625. The van der Waals surface area contributed by atoms with E-state index in [4.69, 9.17) is 0 Å². The normalized spacial score (nSPS) is 18.3. The first kappa shape index (κ1) is 14.9. The minimum absolute atomic E-state index is 0.0523. The van der Waals surface area contributed by atoms with Gasteiger partial charge in [0.1, 0.15) is 0 Å². The molecule has 0 heterocycles. The molecule has 0 amide bonds. The predicted molar refractivity (Wildman–Crippen MR) is 83.6 cm³/mol. The van der Waals surface area contributed by atoms with Gasteiger partial charge in [0.05, 0.1) is 12.1 Å². The smallest absolute Gasteiger partial charge is 0.0624 e. The van der Waals surface area contributed by atoms with Crippen LogP contribution in [0.15, 0.2) is 24.3 Å². The average Bonchev–Trinajstić information content (AvgIpc) is 3.22. The van der Waals surface area contributed by atoms with E-state index in [2.05, 4.69) is 43.4 Å². The minimum atomic E-state index is -0.0523. The highest BCUT2D eigenvalue weighted by molar-refractivity contribution is 7.98. The Balaban J connectivity index is 1.88. The number of hydrogen-bond donors (Lipinski definition) is 2. The van der Waals surface area contributed by atoms with Crippen LogP contribution in [0.5, 0.6) is 0 Å². The SMILES string of the molecule is CCNC(CO)(CSCc1cccc(C)c1)C1CC1. The summed E-state index contributed by atoms with van der Waals surface area (Å²) in [7, 11) is 0. The maximum atomic E-state index is 9.78. The van der Waals surface area contributed by atoms with Crippen molar-refractivity contribution in [3.05, 3.63) is 35.4 Å². The third-order valence-electron chi connectivity index (χ3n) is 3.88. The molecular weight excluding hydrogens is 254 g/mol. The van der Waals surface area contributed by atoms with Crippen LogP contribution in [0, 0.1) is 12.8 Å². The molecule has 0 aliphatic heterocycles. The molecule has 1 fully saturated rings. The Morgan fingerprint density at radius 2 is 2.21 bits per heavy atom. The summed E-state index contributed by atoms with van der Waals surface area (Å²) in [5.41, 5.74) is 2.65. The van der Waals surface area contributed by atoms with Gasteiger partial charge in [-0.05, 0) is 37.8 Å². The highest BCUT2D eigenvalue weighted by Gasteiger charge is 2.43. The molecule has 1 aromatic carbocycles. The molecular formula is C16H25NOS. The zero-order valence-electron chi connectivity index (χ0n) is 12.0. The molecule has 1 saturated carbocycles. The summed E-state index contributed by atoms with van der Waals surface area (Å²) in [6.07, 6.45) is 2.52.